The number of nitrogens with one attached hydrogen (secondary N) is 2. The molecular weight excluding hydrogens is 228 g/mol. The van der Waals surface area contributed by atoms with Gasteiger partial charge < -0.3 is 11.1 Å². The third kappa shape index (κ3) is 3.57. The first-order chi connectivity index (χ1) is 8.53. The van der Waals surface area contributed by atoms with E-state index in [2.05, 4.69) is 15.5 Å². The van der Waals surface area contributed by atoms with Crippen LogP contribution in [0.3, 0.4) is 0 Å². The maximum absolute atomic E-state index is 11.9. The Labute approximate surface area is 109 Å². The second kappa shape index (κ2) is 6.54. The van der Waals surface area contributed by atoms with Crippen LogP contribution in [0.25, 0.3) is 0 Å². The molecule has 5 nitrogen and oxygen atoms in total. The van der Waals surface area contributed by atoms with Crippen LogP contribution in [0.2, 0.25) is 0 Å². The molecule has 0 atom stereocenters. The number of hydrogen-bond acceptors (Lipinski definition) is 3. The van der Waals surface area contributed by atoms with Crippen molar-refractivity contribution in [3.63, 3.8) is 0 Å². The van der Waals surface area contributed by atoms with Gasteiger partial charge in [-0.05, 0) is 38.2 Å². The minimum atomic E-state index is -0.717. The van der Waals surface area contributed by atoms with E-state index >= 15 is 0 Å². The standard InChI is InChI=1S/C13H24N4O/c1-4-13(14,5-2)12(18)15-8-6-7-11-9-16-17-10(11)3/h9H,4-8,14H2,1-3H3,(H,15,18)(H,16,17). The summed E-state index contributed by atoms with van der Waals surface area (Å²) in [6, 6.07) is 0. The minimum absolute atomic E-state index is 0.0450. The van der Waals surface area contributed by atoms with Crippen molar-refractivity contribution in [2.75, 3.05) is 6.54 Å². The van der Waals surface area contributed by atoms with E-state index < -0.39 is 5.54 Å². The predicted octanol–water partition coefficient (Wildman–Crippen LogP) is 1.28. The van der Waals surface area contributed by atoms with Crippen molar-refractivity contribution < 1.29 is 4.79 Å². The molecule has 0 bridgehead atoms. The lowest BCUT2D eigenvalue weighted by molar-refractivity contribution is -0.126. The Morgan fingerprint density at radius 3 is 2.67 bits per heavy atom. The number of hydrogen-bond donors (Lipinski definition) is 3. The zero-order chi connectivity index (χ0) is 13.6. The van der Waals surface area contributed by atoms with Gasteiger partial charge >= 0.3 is 0 Å². The van der Waals surface area contributed by atoms with Crippen molar-refractivity contribution in [1.82, 2.24) is 15.5 Å². The highest BCUT2D eigenvalue weighted by atomic mass is 16.2. The molecule has 4 N–H and O–H groups in total. The first-order valence-corrected chi connectivity index (χ1v) is 6.59. The van der Waals surface area contributed by atoms with Gasteiger partial charge in [0.25, 0.3) is 0 Å². The molecule has 0 saturated carbocycles. The topological polar surface area (TPSA) is 83.8 Å². The summed E-state index contributed by atoms with van der Waals surface area (Å²) in [4.78, 5) is 11.9. The van der Waals surface area contributed by atoms with Crippen molar-refractivity contribution in [1.29, 1.82) is 0 Å². The molecule has 0 aromatic carbocycles. The molecular formula is C13H24N4O. The molecule has 1 heterocycles. The van der Waals surface area contributed by atoms with Crippen LogP contribution in [0.15, 0.2) is 6.20 Å². The van der Waals surface area contributed by atoms with Gasteiger partial charge in [0.1, 0.15) is 0 Å². The van der Waals surface area contributed by atoms with Crippen molar-refractivity contribution in [2.45, 2.75) is 52.0 Å². The summed E-state index contributed by atoms with van der Waals surface area (Å²) >= 11 is 0. The Morgan fingerprint density at radius 2 is 2.17 bits per heavy atom. The van der Waals surface area contributed by atoms with Gasteiger partial charge in [-0.3, -0.25) is 9.89 Å². The number of H-pyrrole nitrogens is 1. The van der Waals surface area contributed by atoms with E-state index in [1.807, 2.05) is 27.0 Å². The number of carbonyl (C=O) groups is 1. The van der Waals surface area contributed by atoms with Crippen LogP contribution in [0.4, 0.5) is 0 Å². The lowest BCUT2D eigenvalue weighted by atomic mass is 9.93. The van der Waals surface area contributed by atoms with E-state index in [-0.39, 0.29) is 5.91 Å². The zero-order valence-electron chi connectivity index (χ0n) is 11.5. The Bertz CT molecular complexity index is 382. The van der Waals surface area contributed by atoms with Crippen LogP contribution in [-0.2, 0) is 11.2 Å². The van der Waals surface area contributed by atoms with Gasteiger partial charge in [0.05, 0.1) is 11.7 Å². The lowest BCUT2D eigenvalue weighted by Gasteiger charge is -2.25. The van der Waals surface area contributed by atoms with E-state index in [0.29, 0.717) is 19.4 Å². The van der Waals surface area contributed by atoms with E-state index in [0.717, 1.165) is 18.5 Å². The second-order valence-electron chi connectivity index (χ2n) is 4.74. The summed E-state index contributed by atoms with van der Waals surface area (Å²) < 4.78 is 0. The first kappa shape index (κ1) is 14.7. The number of aromatic nitrogens is 2. The van der Waals surface area contributed by atoms with Gasteiger partial charge in [0, 0.05) is 12.2 Å². The SMILES string of the molecule is CCC(N)(CC)C(=O)NCCCc1cn[nH]c1C. The van der Waals surface area contributed by atoms with Crippen LogP contribution < -0.4 is 11.1 Å². The Balaban J connectivity index is 2.30. The molecule has 0 fully saturated rings. The zero-order valence-corrected chi connectivity index (χ0v) is 11.5. The van der Waals surface area contributed by atoms with Crippen LogP contribution in [0.5, 0.6) is 0 Å². The first-order valence-electron chi connectivity index (χ1n) is 6.59. The van der Waals surface area contributed by atoms with Crippen LogP contribution in [0.1, 0.15) is 44.4 Å². The highest BCUT2D eigenvalue weighted by molar-refractivity contribution is 5.85. The fraction of sp³-hybridized carbons (Fsp3) is 0.692. The van der Waals surface area contributed by atoms with Gasteiger partial charge in [-0.1, -0.05) is 13.8 Å². The molecule has 1 aromatic rings. The predicted molar refractivity (Wildman–Crippen MR) is 72.2 cm³/mol. The summed E-state index contributed by atoms with van der Waals surface area (Å²) in [5.74, 6) is -0.0450. The smallest absolute Gasteiger partial charge is 0.240 e. The van der Waals surface area contributed by atoms with E-state index in [4.69, 9.17) is 5.73 Å². The average Bonchev–Trinajstić information content (AvgIpc) is 2.79. The molecule has 0 radical (unpaired) electrons. The average molecular weight is 252 g/mol. The fourth-order valence-corrected chi connectivity index (χ4v) is 1.86. The number of nitrogens with zero attached hydrogens (tertiary/aromatic N) is 1. The Morgan fingerprint density at radius 1 is 1.50 bits per heavy atom. The summed E-state index contributed by atoms with van der Waals surface area (Å²) in [5.41, 5.74) is 7.59. The van der Waals surface area contributed by atoms with Crippen LogP contribution >= 0.6 is 0 Å². The summed E-state index contributed by atoms with van der Waals surface area (Å²) in [5, 5.41) is 9.78. The number of aryl methyl sites for hydroxylation is 2. The molecule has 102 valence electrons. The number of amides is 1. The molecule has 0 saturated heterocycles. The molecule has 0 aliphatic carbocycles. The van der Waals surface area contributed by atoms with Gasteiger partial charge in [-0.15, -0.1) is 0 Å². The normalized spacial score (nSPS) is 11.6. The van der Waals surface area contributed by atoms with Gasteiger partial charge in [-0.2, -0.15) is 5.10 Å². The molecule has 0 unspecified atom stereocenters. The molecule has 1 rings (SSSR count). The maximum Gasteiger partial charge on any atom is 0.240 e. The summed E-state index contributed by atoms with van der Waals surface area (Å²) in [6.45, 7) is 6.54. The van der Waals surface area contributed by atoms with Gasteiger partial charge in [0.2, 0.25) is 5.91 Å². The Kier molecular flexibility index (Phi) is 5.34. The van der Waals surface area contributed by atoms with Crippen molar-refractivity contribution in [3.05, 3.63) is 17.5 Å². The molecule has 5 heteroatoms. The van der Waals surface area contributed by atoms with Crippen LogP contribution in [0, 0.1) is 6.92 Å². The quantitative estimate of drug-likeness (QED) is 0.639. The van der Waals surface area contributed by atoms with E-state index in [1.54, 1.807) is 0 Å². The molecule has 18 heavy (non-hydrogen) atoms. The molecule has 0 aliphatic rings. The second-order valence-corrected chi connectivity index (χ2v) is 4.74. The number of carbonyl (C=O) groups excluding carboxylic acids is 1. The van der Waals surface area contributed by atoms with Crippen LogP contribution in [-0.4, -0.2) is 28.2 Å². The fourth-order valence-electron chi connectivity index (χ4n) is 1.86. The molecule has 0 aliphatic heterocycles. The van der Waals surface area contributed by atoms with E-state index in [9.17, 15) is 4.79 Å². The largest absolute Gasteiger partial charge is 0.354 e. The van der Waals surface area contributed by atoms with Gasteiger partial charge in [0.15, 0.2) is 0 Å². The highest BCUT2D eigenvalue weighted by Gasteiger charge is 2.29. The monoisotopic (exact) mass is 252 g/mol. The summed E-state index contributed by atoms with van der Waals surface area (Å²) in [7, 11) is 0. The van der Waals surface area contributed by atoms with Crippen molar-refractivity contribution >= 4 is 5.91 Å². The number of aromatic amines is 1. The van der Waals surface area contributed by atoms with Gasteiger partial charge in [-0.25, -0.2) is 0 Å². The number of nitrogens with two attached hydrogens (primary N) is 1. The number of rotatable bonds is 7. The maximum atomic E-state index is 11.9. The van der Waals surface area contributed by atoms with E-state index in [1.165, 1.54) is 5.56 Å². The molecule has 1 aromatic heterocycles. The highest BCUT2D eigenvalue weighted by Crippen LogP contribution is 2.11. The van der Waals surface area contributed by atoms with Crippen molar-refractivity contribution in [3.8, 4) is 0 Å². The third-order valence-electron chi connectivity index (χ3n) is 3.56. The van der Waals surface area contributed by atoms with Crippen molar-refractivity contribution in [2.24, 2.45) is 5.73 Å². The summed E-state index contributed by atoms with van der Waals surface area (Å²) in [6.07, 6.45) is 4.98. The molecule has 0 spiro atoms. The minimum Gasteiger partial charge on any atom is -0.354 e. The molecule has 1 amide bonds. The Hall–Kier alpha value is -1.36. The third-order valence-corrected chi connectivity index (χ3v) is 3.56. The lowest BCUT2D eigenvalue weighted by Crippen LogP contribution is -2.53.